The summed E-state index contributed by atoms with van der Waals surface area (Å²) in [4.78, 5) is 27.8. The van der Waals surface area contributed by atoms with Crippen LogP contribution in [0.2, 0.25) is 0 Å². The molecule has 4 rings (SSSR count). The van der Waals surface area contributed by atoms with E-state index < -0.39 is 0 Å². The highest BCUT2D eigenvalue weighted by Crippen LogP contribution is 2.30. The number of imide groups is 1. The molecule has 0 radical (unpaired) electrons. The number of fused-ring (bicyclic) bond motifs is 1. The third kappa shape index (κ3) is 2.10. The zero-order valence-electron chi connectivity index (χ0n) is 12.9. The zero-order valence-corrected chi connectivity index (χ0v) is 12.9. The van der Waals surface area contributed by atoms with Gasteiger partial charge in [-0.3, -0.25) is 9.59 Å². The number of anilines is 1. The Labute approximate surface area is 137 Å². The molecule has 0 saturated carbocycles. The van der Waals surface area contributed by atoms with Crippen molar-refractivity contribution in [2.24, 2.45) is 0 Å². The van der Waals surface area contributed by atoms with E-state index in [2.05, 4.69) is 15.4 Å². The second-order valence-corrected chi connectivity index (χ2v) is 5.34. The van der Waals surface area contributed by atoms with Crippen molar-refractivity contribution in [3.63, 3.8) is 0 Å². The highest BCUT2D eigenvalue weighted by Gasteiger charge is 2.36. The Hall–Kier alpha value is -3.35. The molecule has 2 heterocycles. The van der Waals surface area contributed by atoms with E-state index in [1.165, 1.54) is 9.70 Å². The molecule has 0 unspecified atom stereocenters. The molecule has 1 aliphatic heterocycles. The number of carbonyl (C=O) groups is 2. The van der Waals surface area contributed by atoms with Crippen LogP contribution in [0.15, 0.2) is 48.5 Å². The smallest absolute Gasteiger partial charge is 0.266 e. The second kappa shape index (κ2) is 5.38. The van der Waals surface area contributed by atoms with Crippen molar-refractivity contribution < 1.29 is 9.59 Å². The number of tetrazole rings is 1. The van der Waals surface area contributed by atoms with Crippen molar-refractivity contribution in [3.05, 3.63) is 59.7 Å². The van der Waals surface area contributed by atoms with Crippen molar-refractivity contribution >= 4 is 17.5 Å². The van der Waals surface area contributed by atoms with Gasteiger partial charge in [0.05, 0.1) is 23.4 Å². The Morgan fingerprint density at radius 1 is 0.958 bits per heavy atom. The van der Waals surface area contributed by atoms with Crippen LogP contribution in [-0.2, 0) is 6.54 Å². The maximum atomic E-state index is 12.6. The van der Waals surface area contributed by atoms with E-state index in [-0.39, 0.29) is 11.8 Å². The number of amides is 2. The van der Waals surface area contributed by atoms with Crippen LogP contribution in [0.1, 0.15) is 27.6 Å². The van der Waals surface area contributed by atoms with E-state index in [9.17, 15) is 9.59 Å². The Balaban J connectivity index is 1.75. The van der Waals surface area contributed by atoms with Crippen molar-refractivity contribution in [1.29, 1.82) is 0 Å². The Bertz CT molecular complexity index is 928. The van der Waals surface area contributed by atoms with Gasteiger partial charge in [-0.05, 0) is 36.4 Å². The van der Waals surface area contributed by atoms with Crippen molar-refractivity contribution in [3.8, 4) is 11.4 Å². The van der Waals surface area contributed by atoms with Crippen LogP contribution in [0.4, 0.5) is 5.69 Å². The summed E-state index contributed by atoms with van der Waals surface area (Å²) < 4.78 is 0. The van der Waals surface area contributed by atoms with Gasteiger partial charge < -0.3 is 0 Å². The average molecular weight is 319 g/mol. The largest absolute Gasteiger partial charge is 0.268 e. The molecule has 0 fully saturated rings. The molecule has 0 atom stereocenters. The lowest BCUT2D eigenvalue weighted by Crippen LogP contribution is -2.29. The first kappa shape index (κ1) is 14.3. The summed E-state index contributed by atoms with van der Waals surface area (Å²) in [6.07, 6.45) is 0. The van der Waals surface area contributed by atoms with Crippen LogP contribution in [0.25, 0.3) is 11.4 Å². The molecule has 1 aromatic heterocycles. The Morgan fingerprint density at radius 3 is 2.29 bits per heavy atom. The minimum Gasteiger partial charge on any atom is -0.268 e. The Morgan fingerprint density at radius 2 is 1.67 bits per heavy atom. The van der Waals surface area contributed by atoms with Crippen LogP contribution in [0.5, 0.6) is 0 Å². The number of hydrogen-bond donors (Lipinski definition) is 0. The van der Waals surface area contributed by atoms with Crippen LogP contribution < -0.4 is 4.90 Å². The molecule has 24 heavy (non-hydrogen) atoms. The van der Waals surface area contributed by atoms with Gasteiger partial charge in [-0.25, -0.2) is 4.90 Å². The third-order valence-corrected chi connectivity index (χ3v) is 3.89. The standard InChI is InChI=1S/C17H13N5O2/c1-2-21-19-15(18-20-21)11-6-5-7-12(10-11)22-16(23)13-8-3-4-9-14(13)17(22)24/h3-10H,2H2,1H3. The number of hydrogen-bond acceptors (Lipinski definition) is 5. The van der Waals surface area contributed by atoms with Gasteiger partial charge in [0, 0.05) is 5.56 Å². The summed E-state index contributed by atoms with van der Waals surface area (Å²) >= 11 is 0. The number of aryl methyl sites for hydroxylation is 1. The van der Waals surface area contributed by atoms with Crippen LogP contribution in [0.3, 0.4) is 0 Å². The minimum absolute atomic E-state index is 0.321. The lowest BCUT2D eigenvalue weighted by molar-refractivity contribution is 0.0926. The number of nitrogens with zero attached hydrogens (tertiary/aromatic N) is 5. The molecule has 118 valence electrons. The van der Waals surface area contributed by atoms with Gasteiger partial charge in [-0.15, -0.1) is 10.2 Å². The van der Waals surface area contributed by atoms with Gasteiger partial charge in [0.2, 0.25) is 5.82 Å². The first-order valence-corrected chi connectivity index (χ1v) is 7.55. The average Bonchev–Trinajstić information content (AvgIpc) is 3.20. The molecule has 2 aromatic carbocycles. The van der Waals surface area contributed by atoms with Crippen LogP contribution in [0, 0.1) is 0 Å². The van der Waals surface area contributed by atoms with Gasteiger partial charge in [0.25, 0.3) is 11.8 Å². The normalized spacial score (nSPS) is 13.5. The van der Waals surface area contributed by atoms with Gasteiger partial charge >= 0.3 is 0 Å². The monoisotopic (exact) mass is 319 g/mol. The lowest BCUT2D eigenvalue weighted by Gasteiger charge is -2.14. The molecule has 2 amide bonds. The van der Waals surface area contributed by atoms with Gasteiger partial charge in [-0.1, -0.05) is 24.3 Å². The fourth-order valence-corrected chi connectivity index (χ4v) is 2.70. The van der Waals surface area contributed by atoms with E-state index in [0.717, 1.165) is 0 Å². The van der Waals surface area contributed by atoms with Crippen molar-refractivity contribution in [2.75, 3.05) is 4.90 Å². The molecule has 1 aliphatic rings. The first-order valence-electron chi connectivity index (χ1n) is 7.55. The lowest BCUT2D eigenvalue weighted by atomic mass is 10.1. The van der Waals surface area contributed by atoms with Crippen molar-refractivity contribution in [1.82, 2.24) is 20.2 Å². The molecule has 3 aromatic rings. The van der Waals surface area contributed by atoms with E-state index in [0.29, 0.717) is 34.7 Å². The molecule has 0 bridgehead atoms. The van der Waals surface area contributed by atoms with E-state index >= 15 is 0 Å². The molecule has 0 saturated heterocycles. The summed E-state index contributed by atoms with van der Waals surface area (Å²) in [6.45, 7) is 2.53. The fraction of sp³-hybridized carbons (Fsp3) is 0.118. The molecule has 0 N–H and O–H groups in total. The summed E-state index contributed by atoms with van der Waals surface area (Å²) in [5, 5.41) is 12.2. The predicted octanol–water partition coefficient (Wildman–Crippen LogP) is 2.16. The van der Waals surface area contributed by atoms with Gasteiger partial charge in [-0.2, -0.15) is 4.80 Å². The van der Waals surface area contributed by atoms with E-state index in [1.54, 1.807) is 42.5 Å². The molecule has 7 nitrogen and oxygen atoms in total. The van der Waals surface area contributed by atoms with Crippen LogP contribution in [-0.4, -0.2) is 32.0 Å². The zero-order chi connectivity index (χ0) is 16.7. The number of carbonyl (C=O) groups excluding carboxylic acids is 2. The number of benzene rings is 2. The Kier molecular flexibility index (Phi) is 3.19. The summed E-state index contributed by atoms with van der Waals surface area (Å²) in [5.74, 6) is -0.189. The second-order valence-electron chi connectivity index (χ2n) is 5.34. The maximum Gasteiger partial charge on any atom is 0.266 e. The molecular weight excluding hydrogens is 306 g/mol. The number of aromatic nitrogens is 4. The van der Waals surface area contributed by atoms with Gasteiger partial charge in [0.15, 0.2) is 0 Å². The quantitative estimate of drug-likeness (QED) is 0.691. The topological polar surface area (TPSA) is 81.0 Å². The maximum absolute atomic E-state index is 12.6. The minimum atomic E-state index is -0.321. The van der Waals surface area contributed by atoms with E-state index in [4.69, 9.17) is 0 Å². The molecular formula is C17H13N5O2. The molecule has 0 spiro atoms. The van der Waals surface area contributed by atoms with Gasteiger partial charge in [0.1, 0.15) is 0 Å². The highest BCUT2D eigenvalue weighted by atomic mass is 16.2. The highest BCUT2D eigenvalue weighted by molar-refractivity contribution is 6.34. The summed E-state index contributed by atoms with van der Waals surface area (Å²) in [5.41, 5.74) is 2.03. The molecule has 7 heteroatoms. The first-order chi connectivity index (χ1) is 11.7. The van der Waals surface area contributed by atoms with E-state index in [1.807, 2.05) is 13.0 Å². The summed E-state index contributed by atoms with van der Waals surface area (Å²) in [6, 6.07) is 13.8. The van der Waals surface area contributed by atoms with Crippen molar-refractivity contribution in [2.45, 2.75) is 13.5 Å². The SMILES string of the molecule is CCn1nnc(-c2cccc(N3C(=O)c4ccccc4C3=O)c2)n1. The summed E-state index contributed by atoms with van der Waals surface area (Å²) in [7, 11) is 0. The fourth-order valence-electron chi connectivity index (χ4n) is 2.70. The predicted molar refractivity (Wildman–Crippen MR) is 86.5 cm³/mol. The van der Waals surface area contributed by atoms with Crippen LogP contribution >= 0.6 is 0 Å². The third-order valence-electron chi connectivity index (χ3n) is 3.89. The molecule has 0 aliphatic carbocycles. The number of rotatable bonds is 3.